The smallest absolute Gasteiger partial charge is 0.302 e. The highest BCUT2D eigenvalue weighted by Gasteiger charge is 2.48. The molecule has 130 valence electrons. The van der Waals surface area contributed by atoms with E-state index in [1.165, 1.54) is 32.8 Å². The summed E-state index contributed by atoms with van der Waals surface area (Å²) in [4.78, 5) is 52.1. The van der Waals surface area contributed by atoms with Crippen LogP contribution < -0.4 is 5.11 Å². The zero-order valence-corrected chi connectivity index (χ0v) is 14.0. The molecular weight excluding hydrogens is 340 g/mol. The number of thioether (sulfide) groups is 1. The fraction of sp³-hybridized carbons (Fsp3) is 0.429. The molecule has 1 atom stereocenters. The predicted molar refractivity (Wildman–Crippen MR) is 79.6 cm³/mol. The Hall–Kier alpha value is -2.33. The molecular formula is C14H15N2O7S-. The fourth-order valence-electron chi connectivity index (χ4n) is 2.21. The van der Waals surface area contributed by atoms with Gasteiger partial charge in [-0.25, -0.2) is 5.06 Å². The van der Waals surface area contributed by atoms with Crippen molar-refractivity contribution < 1.29 is 33.9 Å². The molecule has 2 rings (SSSR count). The number of esters is 1. The van der Waals surface area contributed by atoms with Gasteiger partial charge in [-0.1, -0.05) is 0 Å². The molecule has 9 nitrogen and oxygen atoms in total. The number of hydroxylamine groups is 2. The Morgan fingerprint density at radius 2 is 2.12 bits per heavy atom. The molecule has 2 aliphatic heterocycles. The number of rotatable bonds is 5. The van der Waals surface area contributed by atoms with Gasteiger partial charge in [0.25, 0.3) is 11.8 Å². The number of fused-ring (bicyclic) bond motifs is 1. The van der Waals surface area contributed by atoms with Crippen molar-refractivity contribution in [1.29, 1.82) is 0 Å². The summed E-state index contributed by atoms with van der Waals surface area (Å²) in [6, 6.07) is 0. The first-order valence-electron chi connectivity index (χ1n) is 6.83. The minimum atomic E-state index is -1.53. The molecule has 0 spiro atoms. The molecule has 0 aromatic heterocycles. The second kappa shape index (κ2) is 7.05. The number of hydrogen-bond acceptors (Lipinski definition) is 8. The van der Waals surface area contributed by atoms with Crippen LogP contribution in [0, 0.1) is 0 Å². The zero-order chi connectivity index (χ0) is 18.0. The third-order valence-corrected chi connectivity index (χ3v) is 4.76. The van der Waals surface area contributed by atoms with Crippen LogP contribution in [0.15, 0.2) is 22.9 Å². The monoisotopic (exact) mass is 355 g/mol. The first kappa shape index (κ1) is 18.0. The van der Waals surface area contributed by atoms with E-state index in [-0.39, 0.29) is 29.2 Å². The third kappa shape index (κ3) is 3.29. The van der Waals surface area contributed by atoms with Crippen LogP contribution in [0.5, 0.6) is 0 Å². The lowest BCUT2D eigenvalue weighted by Crippen LogP contribution is -2.58. The first-order chi connectivity index (χ1) is 11.3. The Balaban J connectivity index is 2.26. The Morgan fingerprint density at radius 1 is 1.46 bits per heavy atom. The summed E-state index contributed by atoms with van der Waals surface area (Å²) in [5, 5.41) is 11.7. The molecule has 10 heteroatoms. The maximum atomic E-state index is 12.2. The number of carboxylic acids is 1. The van der Waals surface area contributed by atoms with E-state index in [1.807, 2.05) is 0 Å². The van der Waals surface area contributed by atoms with Gasteiger partial charge in [-0.2, -0.15) is 0 Å². The van der Waals surface area contributed by atoms with Gasteiger partial charge in [0.15, 0.2) is 0 Å². The van der Waals surface area contributed by atoms with Crippen LogP contribution in [-0.2, 0) is 28.8 Å². The van der Waals surface area contributed by atoms with E-state index < -0.39 is 29.1 Å². The lowest BCUT2D eigenvalue weighted by atomic mass is 10.0. The van der Waals surface area contributed by atoms with Crippen LogP contribution in [0.3, 0.4) is 0 Å². The molecule has 0 bridgehead atoms. The standard InChI is InChI=1S/C14H16N2O7S/c1-7(17)23-5-8-6-24-13-9(4-10(18)15(2)22-3)12(19)16(13)11(8)14(20)21/h4,13H,5-6H2,1-3H3,(H,20,21)/p-1/b9-4-/t13-/m1/s1. The Morgan fingerprint density at radius 3 is 2.67 bits per heavy atom. The van der Waals surface area contributed by atoms with Crippen molar-refractivity contribution in [3.63, 3.8) is 0 Å². The number of carbonyl (C=O) groups is 4. The Kier molecular flexibility index (Phi) is 5.30. The SMILES string of the molecule is CON(C)C(=O)/C=C1/C(=O)N2C(C(=O)[O-])=C(COC(C)=O)CS[C@H]12. The number of hydrogen-bond donors (Lipinski definition) is 0. The van der Waals surface area contributed by atoms with Crippen LogP contribution in [0.4, 0.5) is 0 Å². The highest BCUT2D eigenvalue weighted by atomic mass is 32.2. The second-order valence-electron chi connectivity index (χ2n) is 4.98. The van der Waals surface area contributed by atoms with Crippen molar-refractivity contribution in [3.8, 4) is 0 Å². The summed E-state index contributed by atoms with van der Waals surface area (Å²) in [5.74, 6) is -3.00. The van der Waals surface area contributed by atoms with E-state index in [1.54, 1.807) is 0 Å². The quantitative estimate of drug-likeness (QED) is 0.251. The predicted octanol–water partition coefficient (Wildman–Crippen LogP) is -1.59. The van der Waals surface area contributed by atoms with Crippen molar-refractivity contribution in [2.24, 2.45) is 0 Å². The maximum Gasteiger partial charge on any atom is 0.302 e. The van der Waals surface area contributed by atoms with E-state index >= 15 is 0 Å². The number of carboxylic acid groups (broad SMARTS) is 1. The van der Waals surface area contributed by atoms with E-state index in [4.69, 9.17) is 9.57 Å². The first-order valence-corrected chi connectivity index (χ1v) is 7.88. The number of amides is 2. The average Bonchev–Trinajstić information content (AvgIpc) is 2.55. The summed E-state index contributed by atoms with van der Waals surface area (Å²) in [7, 11) is 2.69. The average molecular weight is 355 g/mol. The van der Waals surface area contributed by atoms with Gasteiger partial charge in [-0.05, 0) is 0 Å². The van der Waals surface area contributed by atoms with E-state index in [9.17, 15) is 24.3 Å². The van der Waals surface area contributed by atoms with Crippen LogP contribution >= 0.6 is 11.8 Å². The van der Waals surface area contributed by atoms with Crippen molar-refractivity contribution in [1.82, 2.24) is 9.96 Å². The van der Waals surface area contributed by atoms with Gasteiger partial charge < -0.3 is 14.6 Å². The van der Waals surface area contributed by atoms with Gasteiger partial charge >= 0.3 is 5.97 Å². The van der Waals surface area contributed by atoms with Crippen LogP contribution in [0.25, 0.3) is 0 Å². The highest BCUT2D eigenvalue weighted by molar-refractivity contribution is 8.00. The maximum absolute atomic E-state index is 12.2. The molecule has 0 aromatic carbocycles. The summed E-state index contributed by atoms with van der Waals surface area (Å²) in [6.45, 7) is 0.970. The minimum Gasteiger partial charge on any atom is -0.543 e. The molecule has 2 heterocycles. The largest absolute Gasteiger partial charge is 0.543 e. The number of β-lactam (4-membered cyclic amide) rings is 1. The lowest BCUT2D eigenvalue weighted by molar-refractivity contribution is -0.301. The third-order valence-electron chi connectivity index (χ3n) is 3.46. The molecule has 1 saturated heterocycles. The molecule has 0 N–H and O–H groups in total. The summed E-state index contributed by atoms with van der Waals surface area (Å²) in [6.07, 6.45) is 1.12. The van der Waals surface area contributed by atoms with E-state index in [0.29, 0.717) is 0 Å². The molecule has 0 aliphatic carbocycles. The minimum absolute atomic E-state index is 0.180. The number of carbonyl (C=O) groups excluding carboxylic acids is 4. The van der Waals surface area contributed by atoms with Gasteiger partial charge in [0.05, 0.1) is 24.3 Å². The molecule has 0 unspecified atom stereocenters. The normalized spacial score (nSPS) is 21.3. The molecule has 2 amide bonds. The Bertz CT molecular complexity index is 670. The van der Waals surface area contributed by atoms with Gasteiger partial charge in [0, 0.05) is 31.4 Å². The topological polar surface area (TPSA) is 116 Å². The van der Waals surface area contributed by atoms with Crippen LogP contribution in [0.2, 0.25) is 0 Å². The van der Waals surface area contributed by atoms with Gasteiger partial charge in [0.1, 0.15) is 12.0 Å². The molecule has 0 aromatic rings. The lowest BCUT2D eigenvalue weighted by Gasteiger charge is -2.47. The second-order valence-corrected chi connectivity index (χ2v) is 6.04. The number of likely N-dealkylation sites (N-methyl/N-ethyl adjacent to an activating group) is 1. The zero-order valence-electron chi connectivity index (χ0n) is 13.2. The fourth-order valence-corrected chi connectivity index (χ4v) is 3.49. The van der Waals surface area contributed by atoms with Gasteiger partial charge in [0.2, 0.25) is 0 Å². The Labute approximate surface area is 141 Å². The summed E-state index contributed by atoms with van der Waals surface area (Å²) < 4.78 is 4.81. The van der Waals surface area contributed by atoms with Crippen LogP contribution in [0.1, 0.15) is 6.92 Å². The number of nitrogens with zero attached hydrogens (tertiary/aromatic N) is 2. The van der Waals surface area contributed by atoms with E-state index in [2.05, 4.69) is 0 Å². The summed E-state index contributed by atoms with van der Waals surface area (Å²) >= 11 is 1.25. The molecule has 24 heavy (non-hydrogen) atoms. The van der Waals surface area contributed by atoms with Crippen molar-refractivity contribution >= 4 is 35.5 Å². The van der Waals surface area contributed by atoms with Gasteiger partial charge in [-0.15, -0.1) is 11.8 Å². The van der Waals surface area contributed by atoms with Crippen molar-refractivity contribution in [2.45, 2.75) is 12.3 Å². The number of aliphatic carboxylic acids is 1. The molecule has 2 aliphatic rings. The van der Waals surface area contributed by atoms with Gasteiger partial charge in [-0.3, -0.25) is 24.1 Å². The molecule has 1 fully saturated rings. The highest BCUT2D eigenvalue weighted by Crippen LogP contribution is 2.43. The summed E-state index contributed by atoms with van der Waals surface area (Å²) in [5.41, 5.74) is 0.146. The van der Waals surface area contributed by atoms with Crippen LogP contribution in [-0.4, -0.2) is 65.6 Å². The number of ether oxygens (including phenoxy) is 1. The molecule has 0 radical (unpaired) electrons. The van der Waals surface area contributed by atoms with E-state index in [0.717, 1.165) is 16.0 Å². The molecule has 0 saturated carbocycles. The van der Waals surface area contributed by atoms with Crippen molar-refractivity contribution in [2.75, 3.05) is 26.5 Å². The van der Waals surface area contributed by atoms with Crippen molar-refractivity contribution in [3.05, 3.63) is 22.9 Å².